The molecule has 0 bridgehead atoms. The lowest BCUT2D eigenvalue weighted by atomic mass is 10.2. The first kappa shape index (κ1) is 22.0. The summed E-state index contributed by atoms with van der Waals surface area (Å²) in [7, 11) is -3.82. The summed E-state index contributed by atoms with van der Waals surface area (Å²) in [6.45, 7) is 3.06. The van der Waals surface area contributed by atoms with Crippen molar-refractivity contribution in [3.05, 3.63) is 84.7 Å². The third kappa shape index (κ3) is 5.36. The maximum Gasteiger partial charge on any atom is 0.262 e. The normalized spacial score (nSPS) is 11.1. The third-order valence-corrected chi connectivity index (χ3v) is 6.15. The summed E-state index contributed by atoms with van der Waals surface area (Å²) in [4.78, 5) is 11.3. The Kier molecular flexibility index (Phi) is 6.09. The Labute approximate surface area is 191 Å². The first-order valence-corrected chi connectivity index (χ1v) is 11.4. The van der Waals surface area contributed by atoms with Gasteiger partial charge < -0.3 is 14.6 Å². The van der Waals surface area contributed by atoms with E-state index in [-0.39, 0.29) is 10.8 Å². The summed E-state index contributed by atoms with van der Waals surface area (Å²) >= 11 is 0. The van der Waals surface area contributed by atoms with E-state index in [2.05, 4.69) is 20.2 Å². The molecular formula is C23H21N5O4S. The minimum Gasteiger partial charge on any atom is -0.438 e. The lowest BCUT2D eigenvalue weighted by molar-refractivity contribution is -0.114. The fraction of sp³-hybridized carbons (Fsp3) is 0.0870. The predicted molar refractivity (Wildman–Crippen MR) is 124 cm³/mol. The van der Waals surface area contributed by atoms with Gasteiger partial charge in [0.1, 0.15) is 5.75 Å². The van der Waals surface area contributed by atoms with Crippen LogP contribution >= 0.6 is 0 Å². The molecule has 1 amide bonds. The fourth-order valence-corrected chi connectivity index (χ4v) is 4.43. The minimum atomic E-state index is -3.82. The van der Waals surface area contributed by atoms with Crippen molar-refractivity contribution < 1.29 is 17.9 Å². The van der Waals surface area contributed by atoms with Gasteiger partial charge in [0.25, 0.3) is 10.0 Å². The van der Waals surface area contributed by atoms with E-state index in [0.29, 0.717) is 34.4 Å². The van der Waals surface area contributed by atoms with Crippen molar-refractivity contribution in [1.82, 2.24) is 14.8 Å². The molecule has 4 rings (SSSR count). The first-order chi connectivity index (χ1) is 15.8. The molecule has 0 spiro atoms. The smallest absolute Gasteiger partial charge is 0.262 e. The number of carbonyl (C=O) groups excluding carboxylic acids is 1. The van der Waals surface area contributed by atoms with Gasteiger partial charge in [0.15, 0.2) is 5.82 Å². The van der Waals surface area contributed by atoms with Gasteiger partial charge in [-0.1, -0.05) is 0 Å². The zero-order valence-corrected chi connectivity index (χ0v) is 18.7. The topological polar surface area (TPSA) is 115 Å². The van der Waals surface area contributed by atoms with Crippen LogP contribution in [0.15, 0.2) is 84.0 Å². The number of nitrogens with one attached hydrogen (secondary N) is 2. The zero-order chi connectivity index (χ0) is 23.4. The molecular weight excluding hydrogens is 442 g/mol. The Morgan fingerprint density at radius 1 is 0.939 bits per heavy atom. The number of hydrogen-bond donors (Lipinski definition) is 2. The molecule has 0 aliphatic carbocycles. The van der Waals surface area contributed by atoms with E-state index >= 15 is 0 Å². The maximum absolute atomic E-state index is 12.8. The maximum atomic E-state index is 12.8. The van der Waals surface area contributed by atoms with Crippen molar-refractivity contribution in [1.29, 1.82) is 0 Å². The Morgan fingerprint density at radius 3 is 2.24 bits per heavy atom. The van der Waals surface area contributed by atoms with Crippen LogP contribution in [-0.2, 0) is 14.8 Å². The second-order valence-electron chi connectivity index (χ2n) is 7.21. The molecule has 33 heavy (non-hydrogen) atoms. The number of hydrogen-bond acceptors (Lipinski definition) is 6. The van der Waals surface area contributed by atoms with Gasteiger partial charge in [-0.05, 0) is 73.2 Å². The van der Waals surface area contributed by atoms with E-state index < -0.39 is 10.0 Å². The average Bonchev–Trinajstić information content (AvgIpc) is 3.30. The Morgan fingerprint density at radius 2 is 1.64 bits per heavy atom. The molecule has 9 nitrogen and oxygen atoms in total. The summed E-state index contributed by atoms with van der Waals surface area (Å²) in [5, 5.41) is 10.8. The van der Waals surface area contributed by atoms with Crippen LogP contribution in [0, 0.1) is 6.92 Å². The molecule has 2 heterocycles. The van der Waals surface area contributed by atoms with Crippen LogP contribution in [0.4, 0.5) is 11.4 Å². The number of aryl methyl sites for hydroxylation is 1. The molecule has 2 aromatic carbocycles. The molecule has 0 fully saturated rings. The van der Waals surface area contributed by atoms with Gasteiger partial charge in [0.05, 0.1) is 4.90 Å². The van der Waals surface area contributed by atoms with Crippen LogP contribution in [0.25, 0.3) is 5.82 Å². The molecule has 2 N–H and O–H groups in total. The number of anilines is 2. The second-order valence-corrected chi connectivity index (χ2v) is 8.86. The van der Waals surface area contributed by atoms with Crippen LogP contribution in [0.3, 0.4) is 0 Å². The van der Waals surface area contributed by atoms with E-state index in [0.717, 1.165) is 0 Å². The molecule has 0 radical (unpaired) electrons. The number of sulfonamides is 1. The molecule has 4 aromatic rings. The second kappa shape index (κ2) is 9.13. The number of rotatable bonds is 7. The minimum absolute atomic E-state index is 0.120. The van der Waals surface area contributed by atoms with E-state index in [1.165, 1.54) is 13.0 Å². The number of benzene rings is 2. The molecule has 2 aromatic heterocycles. The SMILES string of the molecule is CC(=O)Nc1ccc(S(=O)(=O)Nc2ccc(Oc3ccc(-n4cccc4)nn3)cc2)c(C)c1. The number of carbonyl (C=O) groups is 1. The van der Waals surface area contributed by atoms with Gasteiger partial charge >= 0.3 is 0 Å². The van der Waals surface area contributed by atoms with E-state index in [1.54, 1.807) is 55.5 Å². The third-order valence-electron chi connectivity index (χ3n) is 4.61. The lowest BCUT2D eigenvalue weighted by Gasteiger charge is -2.12. The number of aromatic nitrogens is 3. The van der Waals surface area contributed by atoms with Crippen molar-refractivity contribution in [2.45, 2.75) is 18.7 Å². The Bertz CT molecular complexity index is 1370. The van der Waals surface area contributed by atoms with Crippen LogP contribution in [0.2, 0.25) is 0 Å². The molecule has 0 saturated heterocycles. The summed E-state index contributed by atoms with van der Waals surface area (Å²) in [6.07, 6.45) is 3.73. The van der Waals surface area contributed by atoms with Gasteiger partial charge in [0.2, 0.25) is 11.8 Å². The quantitative estimate of drug-likeness (QED) is 0.426. The summed E-state index contributed by atoms with van der Waals surface area (Å²) in [5.41, 5.74) is 1.42. The molecule has 0 unspecified atom stereocenters. The van der Waals surface area contributed by atoms with Crippen molar-refractivity contribution in [3.63, 3.8) is 0 Å². The van der Waals surface area contributed by atoms with E-state index in [9.17, 15) is 13.2 Å². The summed E-state index contributed by atoms with van der Waals surface area (Å²) in [5.74, 6) is 1.23. The monoisotopic (exact) mass is 463 g/mol. The fourth-order valence-electron chi connectivity index (χ4n) is 3.15. The largest absolute Gasteiger partial charge is 0.438 e. The van der Waals surface area contributed by atoms with Crippen molar-refractivity contribution >= 4 is 27.3 Å². The van der Waals surface area contributed by atoms with Gasteiger partial charge in [-0.25, -0.2) is 8.42 Å². The molecule has 0 aliphatic heterocycles. The van der Waals surface area contributed by atoms with Gasteiger partial charge in [0, 0.05) is 36.8 Å². The molecule has 168 valence electrons. The Hall–Kier alpha value is -4.18. The number of amides is 1. The van der Waals surface area contributed by atoms with E-state index in [1.807, 2.05) is 29.1 Å². The van der Waals surface area contributed by atoms with Gasteiger partial charge in [-0.3, -0.25) is 9.52 Å². The molecule has 0 atom stereocenters. The van der Waals surface area contributed by atoms with Crippen molar-refractivity contribution in [2.24, 2.45) is 0 Å². The van der Waals surface area contributed by atoms with Crippen LogP contribution in [0.1, 0.15) is 12.5 Å². The highest BCUT2D eigenvalue weighted by Crippen LogP contribution is 2.25. The molecule has 10 heteroatoms. The van der Waals surface area contributed by atoms with Crippen LogP contribution in [-0.4, -0.2) is 29.1 Å². The highest BCUT2D eigenvalue weighted by atomic mass is 32.2. The van der Waals surface area contributed by atoms with Gasteiger partial charge in [-0.2, -0.15) is 0 Å². The number of ether oxygens (including phenoxy) is 1. The zero-order valence-electron chi connectivity index (χ0n) is 17.9. The highest BCUT2D eigenvalue weighted by Gasteiger charge is 2.17. The predicted octanol–water partition coefficient (Wildman–Crippen LogP) is 4.13. The number of nitrogens with zero attached hydrogens (tertiary/aromatic N) is 3. The first-order valence-electron chi connectivity index (χ1n) is 9.96. The average molecular weight is 464 g/mol. The summed E-state index contributed by atoms with van der Waals surface area (Å²) < 4.78 is 35.7. The van der Waals surface area contributed by atoms with E-state index in [4.69, 9.17) is 4.74 Å². The van der Waals surface area contributed by atoms with Crippen LogP contribution < -0.4 is 14.8 Å². The molecule has 0 saturated carbocycles. The Balaban J connectivity index is 1.43. The van der Waals surface area contributed by atoms with Crippen molar-refractivity contribution in [2.75, 3.05) is 10.0 Å². The van der Waals surface area contributed by atoms with Gasteiger partial charge in [-0.15, -0.1) is 10.2 Å². The van der Waals surface area contributed by atoms with Crippen LogP contribution in [0.5, 0.6) is 11.6 Å². The standard InChI is InChI=1S/C23H21N5O4S/c1-16-15-19(24-17(2)29)7-10-21(16)33(30,31)27-18-5-8-20(9-6-18)32-23-12-11-22(25-26-23)28-13-3-4-14-28/h3-15,27H,1-2H3,(H,24,29). The molecule has 0 aliphatic rings. The lowest BCUT2D eigenvalue weighted by Crippen LogP contribution is -2.14. The van der Waals surface area contributed by atoms with Crippen molar-refractivity contribution in [3.8, 4) is 17.4 Å². The summed E-state index contributed by atoms with van der Waals surface area (Å²) in [6, 6.07) is 18.3. The highest BCUT2D eigenvalue weighted by molar-refractivity contribution is 7.92.